The van der Waals surface area contributed by atoms with E-state index in [1.165, 1.54) is 21.7 Å². The second kappa shape index (κ2) is 3.87. The lowest BCUT2D eigenvalue weighted by atomic mass is 9.97. The second-order valence-electron chi connectivity index (χ2n) is 3.92. The van der Waals surface area contributed by atoms with E-state index in [4.69, 9.17) is 17.3 Å². The third-order valence-electron chi connectivity index (χ3n) is 2.91. The average molecular weight is 254 g/mol. The topological polar surface area (TPSA) is 43.8 Å². The molecule has 2 N–H and O–H groups in total. The summed E-state index contributed by atoms with van der Waals surface area (Å²) < 4.78 is 2.86. The highest BCUT2D eigenvalue weighted by molar-refractivity contribution is 7.16. The van der Waals surface area contributed by atoms with Crippen LogP contribution in [-0.4, -0.2) is 16.3 Å². The molecule has 1 aliphatic carbocycles. The van der Waals surface area contributed by atoms with Crippen LogP contribution in [0.4, 0.5) is 0 Å². The zero-order chi connectivity index (χ0) is 11.1. The molecule has 2 aromatic heterocycles. The summed E-state index contributed by atoms with van der Waals surface area (Å²) in [7, 11) is 0. The van der Waals surface area contributed by atoms with Crippen LogP contribution in [0, 0.1) is 0 Å². The Kier molecular flexibility index (Phi) is 2.50. The van der Waals surface area contributed by atoms with E-state index < -0.39 is 0 Å². The molecule has 5 heteroatoms. The molecule has 1 aliphatic rings. The molecule has 3 nitrogen and oxygen atoms in total. The minimum absolute atomic E-state index is 0.612. The van der Waals surface area contributed by atoms with Crippen LogP contribution in [0.1, 0.15) is 10.4 Å². The predicted octanol–water partition coefficient (Wildman–Crippen LogP) is 2.32. The Labute approximate surface area is 103 Å². The summed E-state index contributed by atoms with van der Waals surface area (Å²) in [6, 6.07) is 2.05. The van der Waals surface area contributed by atoms with E-state index in [-0.39, 0.29) is 0 Å². The number of nitrogens with zero attached hydrogens (tertiary/aromatic N) is 2. The van der Waals surface area contributed by atoms with Gasteiger partial charge in [0.1, 0.15) is 0 Å². The maximum absolute atomic E-state index is 6.08. The molecular formula is C11H12ClN3S. The highest BCUT2D eigenvalue weighted by atomic mass is 35.5. The molecule has 0 aliphatic heterocycles. The maximum Gasteiger partial charge on any atom is 0.0938 e. The van der Waals surface area contributed by atoms with Crippen LogP contribution in [0.5, 0.6) is 0 Å². The first kappa shape index (κ1) is 10.3. The zero-order valence-electron chi connectivity index (χ0n) is 8.74. The van der Waals surface area contributed by atoms with Gasteiger partial charge in [-0.15, -0.1) is 11.3 Å². The van der Waals surface area contributed by atoms with Gasteiger partial charge in [-0.25, -0.2) is 0 Å². The van der Waals surface area contributed by atoms with Gasteiger partial charge in [0.05, 0.1) is 22.8 Å². The van der Waals surface area contributed by atoms with Crippen LogP contribution in [0.3, 0.4) is 0 Å². The molecule has 0 saturated heterocycles. The van der Waals surface area contributed by atoms with Gasteiger partial charge in [0.15, 0.2) is 0 Å². The number of aromatic nitrogens is 2. The van der Waals surface area contributed by atoms with Gasteiger partial charge in [0.2, 0.25) is 0 Å². The van der Waals surface area contributed by atoms with Crippen LogP contribution in [-0.2, 0) is 19.4 Å². The summed E-state index contributed by atoms with van der Waals surface area (Å²) in [5.41, 5.74) is 9.38. The monoisotopic (exact) mass is 253 g/mol. The Morgan fingerprint density at radius 2 is 2.38 bits per heavy atom. The molecule has 0 fully saturated rings. The lowest BCUT2D eigenvalue weighted by Crippen LogP contribution is -2.13. The van der Waals surface area contributed by atoms with Gasteiger partial charge < -0.3 is 5.73 Å². The van der Waals surface area contributed by atoms with E-state index in [9.17, 15) is 0 Å². The third kappa shape index (κ3) is 1.49. The van der Waals surface area contributed by atoms with Gasteiger partial charge >= 0.3 is 0 Å². The van der Waals surface area contributed by atoms with E-state index in [0.29, 0.717) is 6.54 Å². The summed E-state index contributed by atoms with van der Waals surface area (Å²) >= 11 is 7.75. The third-order valence-corrected chi connectivity index (χ3v) is 4.24. The van der Waals surface area contributed by atoms with Crippen LogP contribution in [0.15, 0.2) is 12.3 Å². The normalized spacial score (nSPS) is 13.6. The molecule has 84 valence electrons. The van der Waals surface area contributed by atoms with Crippen LogP contribution < -0.4 is 5.73 Å². The number of nitrogens with two attached hydrogens (primary N) is 1. The van der Waals surface area contributed by atoms with Crippen molar-refractivity contribution in [1.29, 1.82) is 0 Å². The molecule has 0 saturated carbocycles. The Hall–Kier alpha value is -0.840. The fraction of sp³-hybridized carbons (Fsp3) is 0.364. The summed E-state index contributed by atoms with van der Waals surface area (Å²) in [6.07, 6.45) is 4.09. The SMILES string of the molecule is NCCn1ncc2c1-c1cc(Cl)sc1CC2. The number of rotatable bonds is 2. The first-order chi connectivity index (χ1) is 7.79. The molecule has 0 aromatic carbocycles. The van der Waals surface area contributed by atoms with Gasteiger partial charge in [-0.3, -0.25) is 4.68 Å². The maximum atomic E-state index is 6.08. The highest BCUT2D eigenvalue weighted by Gasteiger charge is 2.22. The molecule has 2 heterocycles. The van der Waals surface area contributed by atoms with E-state index >= 15 is 0 Å². The van der Waals surface area contributed by atoms with Crippen molar-refractivity contribution in [3.8, 4) is 11.3 Å². The van der Waals surface area contributed by atoms with E-state index in [2.05, 4.69) is 5.10 Å². The summed E-state index contributed by atoms with van der Waals surface area (Å²) in [4.78, 5) is 1.37. The molecule has 0 atom stereocenters. The summed E-state index contributed by atoms with van der Waals surface area (Å²) in [5.74, 6) is 0. The first-order valence-electron chi connectivity index (χ1n) is 5.33. The number of hydrogen-bond donors (Lipinski definition) is 1. The molecule has 2 aromatic rings. The molecule has 16 heavy (non-hydrogen) atoms. The summed E-state index contributed by atoms with van der Waals surface area (Å²) in [5, 5.41) is 4.39. The van der Waals surface area contributed by atoms with Crippen molar-refractivity contribution in [2.75, 3.05) is 6.54 Å². The van der Waals surface area contributed by atoms with Crippen molar-refractivity contribution < 1.29 is 0 Å². The Morgan fingerprint density at radius 3 is 3.19 bits per heavy atom. The number of halogens is 1. The van der Waals surface area contributed by atoms with Gasteiger partial charge in [0, 0.05) is 17.0 Å². The van der Waals surface area contributed by atoms with Crippen LogP contribution in [0.25, 0.3) is 11.3 Å². The number of aryl methyl sites for hydroxylation is 2. The fourth-order valence-corrected chi connectivity index (χ4v) is 3.51. The van der Waals surface area contributed by atoms with Crippen LogP contribution in [0.2, 0.25) is 4.34 Å². The predicted molar refractivity (Wildman–Crippen MR) is 67.0 cm³/mol. The van der Waals surface area contributed by atoms with Crippen molar-refractivity contribution in [2.45, 2.75) is 19.4 Å². The molecule has 0 spiro atoms. The molecule has 0 bridgehead atoms. The number of hydrogen-bond acceptors (Lipinski definition) is 3. The first-order valence-corrected chi connectivity index (χ1v) is 6.52. The lowest BCUT2D eigenvalue weighted by Gasteiger charge is -2.14. The zero-order valence-corrected chi connectivity index (χ0v) is 10.3. The smallest absolute Gasteiger partial charge is 0.0938 e. The van der Waals surface area contributed by atoms with Crippen LogP contribution >= 0.6 is 22.9 Å². The summed E-state index contributed by atoms with van der Waals surface area (Å²) in [6.45, 7) is 1.38. The quantitative estimate of drug-likeness (QED) is 0.893. The number of fused-ring (bicyclic) bond motifs is 3. The van der Waals surface area contributed by atoms with Crippen molar-refractivity contribution >= 4 is 22.9 Å². The van der Waals surface area contributed by atoms with Crippen molar-refractivity contribution in [3.05, 3.63) is 27.0 Å². The lowest BCUT2D eigenvalue weighted by molar-refractivity contribution is 0.630. The average Bonchev–Trinajstić information content (AvgIpc) is 2.81. The minimum Gasteiger partial charge on any atom is -0.329 e. The van der Waals surface area contributed by atoms with Gasteiger partial charge in [-0.05, 0) is 24.5 Å². The minimum atomic E-state index is 0.612. The van der Waals surface area contributed by atoms with Crippen molar-refractivity contribution in [2.24, 2.45) is 5.73 Å². The standard InChI is InChI=1S/C11H12ClN3S/c12-10-5-8-9(16-10)2-1-7-6-14-15(4-3-13)11(7)8/h5-6H,1-4,13H2. The van der Waals surface area contributed by atoms with E-state index in [1.54, 1.807) is 11.3 Å². The molecule has 3 rings (SSSR count). The molecule has 0 unspecified atom stereocenters. The fourth-order valence-electron chi connectivity index (χ4n) is 2.24. The van der Waals surface area contributed by atoms with Crippen molar-refractivity contribution in [3.63, 3.8) is 0 Å². The van der Waals surface area contributed by atoms with Gasteiger partial charge in [-0.1, -0.05) is 11.6 Å². The largest absolute Gasteiger partial charge is 0.329 e. The Morgan fingerprint density at radius 1 is 1.50 bits per heavy atom. The van der Waals surface area contributed by atoms with E-state index in [0.717, 1.165) is 23.7 Å². The van der Waals surface area contributed by atoms with E-state index in [1.807, 2.05) is 16.9 Å². The molecule has 0 amide bonds. The highest BCUT2D eigenvalue weighted by Crippen LogP contribution is 2.40. The number of thiophene rings is 1. The Balaban J connectivity index is 2.16. The second-order valence-corrected chi connectivity index (χ2v) is 5.69. The molecular weight excluding hydrogens is 242 g/mol. The Bertz CT molecular complexity index is 529. The van der Waals surface area contributed by atoms with Crippen molar-refractivity contribution in [1.82, 2.24) is 9.78 Å². The van der Waals surface area contributed by atoms with Gasteiger partial charge in [0.25, 0.3) is 0 Å². The molecule has 0 radical (unpaired) electrons. The van der Waals surface area contributed by atoms with Gasteiger partial charge in [-0.2, -0.15) is 5.10 Å².